The van der Waals surface area contributed by atoms with Crippen LogP contribution in [0.25, 0.3) is 0 Å². The van der Waals surface area contributed by atoms with Crippen molar-refractivity contribution in [3.8, 4) is 0 Å². The van der Waals surface area contributed by atoms with Gasteiger partial charge in [-0.3, -0.25) is 0 Å². The molecule has 3 atom stereocenters. The van der Waals surface area contributed by atoms with E-state index in [0.29, 0.717) is 17.0 Å². The molecule has 0 aromatic heterocycles. The van der Waals surface area contributed by atoms with Gasteiger partial charge < -0.3 is 15.9 Å². The quantitative estimate of drug-likeness (QED) is 0.583. The van der Waals surface area contributed by atoms with Gasteiger partial charge in [0.15, 0.2) is 0 Å². The summed E-state index contributed by atoms with van der Waals surface area (Å²) in [6.07, 6.45) is 2.76. The van der Waals surface area contributed by atoms with Crippen molar-refractivity contribution < 1.29 is 10.2 Å². The Morgan fingerprint density at radius 1 is 1.50 bits per heavy atom. The molecule has 1 aliphatic rings. The molecule has 0 amide bonds. The zero-order valence-corrected chi connectivity index (χ0v) is 7.96. The molecule has 3 nitrogen and oxygen atoms in total. The van der Waals surface area contributed by atoms with Crippen molar-refractivity contribution in [1.82, 2.24) is 0 Å². The van der Waals surface area contributed by atoms with Crippen LogP contribution in [0.15, 0.2) is 0 Å². The van der Waals surface area contributed by atoms with Gasteiger partial charge in [0.2, 0.25) is 0 Å². The van der Waals surface area contributed by atoms with E-state index >= 15 is 0 Å². The molecule has 3 unspecified atom stereocenters. The van der Waals surface area contributed by atoms with E-state index in [1.807, 2.05) is 0 Å². The fraction of sp³-hybridized carbons (Fsp3) is 1.00. The molecule has 0 radical (unpaired) electrons. The fourth-order valence-electron chi connectivity index (χ4n) is 1.42. The molecular formula is C8H17NO2S. The van der Waals surface area contributed by atoms with Crippen LogP contribution in [0.2, 0.25) is 0 Å². The van der Waals surface area contributed by atoms with E-state index in [0.717, 1.165) is 19.3 Å². The SMILES string of the molecule is NC1CCC(SCC(O)CO)C1. The summed E-state index contributed by atoms with van der Waals surface area (Å²) >= 11 is 1.73. The lowest BCUT2D eigenvalue weighted by molar-refractivity contribution is 0.113. The molecule has 4 N–H and O–H groups in total. The minimum Gasteiger partial charge on any atom is -0.394 e. The first-order chi connectivity index (χ1) is 5.72. The Morgan fingerprint density at radius 2 is 2.25 bits per heavy atom. The fourth-order valence-corrected chi connectivity index (χ4v) is 2.71. The molecule has 72 valence electrons. The molecular weight excluding hydrogens is 174 g/mol. The largest absolute Gasteiger partial charge is 0.394 e. The van der Waals surface area contributed by atoms with Crippen LogP contribution < -0.4 is 5.73 Å². The molecule has 1 saturated carbocycles. The highest BCUT2D eigenvalue weighted by Crippen LogP contribution is 2.29. The number of aliphatic hydroxyl groups is 2. The average Bonchev–Trinajstić information content (AvgIpc) is 2.47. The van der Waals surface area contributed by atoms with Gasteiger partial charge in [0.1, 0.15) is 0 Å². The number of nitrogens with two attached hydrogens (primary N) is 1. The van der Waals surface area contributed by atoms with Gasteiger partial charge in [-0.1, -0.05) is 0 Å². The van der Waals surface area contributed by atoms with Crippen molar-refractivity contribution in [3.63, 3.8) is 0 Å². The van der Waals surface area contributed by atoms with E-state index in [2.05, 4.69) is 0 Å². The summed E-state index contributed by atoms with van der Waals surface area (Å²) in [5.41, 5.74) is 5.74. The Hall–Kier alpha value is 0.230. The molecule has 0 saturated heterocycles. The predicted octanol–water partition coefficient (Wildman–Crippen LogP) is -0.0474. The number of thioether (sulfide) groups is 1. The van der Waals surface area contributed by atoms with Crippen LogP contribution in [-0.4, -0.2) is 40.0 Å². The van der Waals surface area contributed by atoms with Gasteiger partial charge in [0.25, 0.3) is 0 Å². The number of hydrogen-bond donors (Lipinski definition) is 3. The maximum Gasteiger partial charge on any atom is 0.0861 e. The van der Waals surface area contributed by atoms with Gasteiger partial charge >= 0.3 is 0 Å². The van der Waals surface area contributed by atoms with E-state index in [9.17, 15) is 0 Å². The summed E-state index contributed by atoms with van der Waals surface area (Å²) < 4.78 is 0. The van der Waals surface area contributed by atoms with Crippen molar-refractivity contribution >= 4 is 11.8 Å². The van der Waals surface area contributed by atoms with Gasteiger partial charge in [-0.2, -0.15) is 11.8 Å². The van der Waals surface area contributed by atoms with Gasteiger partial charge in [-0.05, 0) is 19.3 Å². The zero-order chi connectivity index (χ0) is 8.97. The van der Waals surface area contributed by atoms with Gasteiger partial charge in [-0.15, -0.1) is 0 Å². The topological polar surface area (TPSA) is 66.5 Å². The Kier molecular flexibility index (Phi) is 4.35. The molecule has 0 aromatic carbocycles. The Bertz CT molecular complexity index is 134. The molecule has 1 fully saturated rings. The highest BCUT2D eigenvalue weighted by atomic mass is 32.2. The summed E-state index contributed by atoms with van der Waals surface area (Å²) in [4.78, 5) is 0. The van der Waals surface area contributed by atoms with E-state index in [-0.39, 0.29) is 6.61 Å². The Labute approximate surface area is 77.3 Å². The second-order valence-electron chi connectivity index (χ2n) is 3.36. The van der Waals surface area contributed by atoms with Crippen LogP contribution in [-0.2, 0) is 0 Å². The first kappa shape index (κ1) is 10.3. The summed E-state index contributed by atoms with van der Waals surface area (Å²) in [5, 5.41) is 18.3. The molecule has 1 rings (SSSR count). The lowest BCUT2D eigenvalue weighted by atomic mass is 10.3. The van der Waals surface area contributed by atoms with Crippen LogP contribution in [0.5, 0.6) is 0 Å². The minimum absolute atomic E-state index is 0.133. The summed E-state index contributed by atoms with van der Waals surface area (Å²) in [7, 11) is 0. The zero-order valence-electron chi connectivity index (χ0n) is 7.15. The number of aliphatic hydroxyl groups excluding tert-OH is 2. The third-order valence-corrected chi connectivity index (χ3v) is 3.64. The van der Waals surface area contributed by atoms with Crippen molar-refractivity contribution in [2.45, 2.75) is 36.7 Å². The molecule has 0 bridgehead atoms. The van der Waals surface area contributed by atoms with E-state index in [4.69, 9.17) is 15.9 Å². The van der Waals surface area contributed by atoms with Crippen LogP contribution in [0.3, 0.4) is 0 Å². The van der Waals surface area contributed by atoms with E-state index in [1.165, 1.54) is 0 Å². The molecule has 4 heteroatoms. The van der Waals surface area contributed by atoms with Crippen molar-refractivity contribution in [2.24, 2.45) is 5.73 Å². The molecule has 0 heterocycles. The average molecular weight is 191 g/mol. The molecule has 0 aromatic rings. The lowest BCUT2D eigenvalue weighted by Crippen LogP contribution is -2.18. The van der Waals surface area contributed by atoms with Crippen molar-refractivity contribution in [1.29, 1.82) is 0 Å². The minimum atomic E-state index is -0.563. The highest BCUT2D eigenvalue weighted by Gasteiger charge is 2.22. The van der Waals surface area contributed by atoms with Crippen LogP contribution >= 0.6 is 11.8 Å². The van der Waals surface area contributed by atoms with Crippen molar-refractivity contribution in [2.75, 3.05) is 12.4 Å². The number of hydrogen-bond acceptors (Lipinski definition) is 4. The second-order valence-corrected chi connectivity index (χ2v) is 4.70. The van der Waals surface area contributed by atoms with Gasteiger partial charge in [0, 0.05) is 17.0 Å². The standard InChI is InChI=1S/C8H17NO2S/c9-6-1-2-8(3-6)12-5-7(11)4-10/h6-8,10-11H,1-5,9H2. The molecule has 0 spiro atoms. The van der Waals surface area contributed by atoms with Gasteiger partial charge in [-0.25, -0.2) is 0 Å². The Morgan fingerprint density at radius 3 is 2.75 bits per heavy atom. The molecule has 0 aliphatic heterocycles. The van der Waals surface area contributed by atoms with Crippen molar-refractivity contribution in [3.05, 3.63) is 0 Å². The van der Waals surface area contributed by atoms with Crippen LogP contribution in [0.1, 0.15) is 19.3 Å². The van der Waals surface area contributed by atoms with E-state index in [1.54, 1.807) is 11.8 Å². The first-order valence-corrected chi connectivity index (χ1v) is 5.43. The smallest absolute Gasteiger partial charge is 0.0861 e. The normalized spacial score (nSPS) is 32.2. The maximum absolute atomic E-state index is 9.08. The summed E-state index contributed by atoms with van der Waals surface area (Å²) in [6, 6.07) is 0.355. The summed E-state index contributed by atoms with van der Waals surface area (Å²) in [5.74, 6) is 0.633. The highest BCUT2D eigenvalue weighted by molar-refractivity contribution is 7.99. The first-order valence-electron chi connectivity index (χ1n) is 4.38. The molecule has 12 heavy (non-hydrogen) atoms. The van der Waals surface area contributed by atoms with Crippen LogP contribution in [0.4, 0.5) is 0 Å². The van der Waals surface area contributed by atoms with E-state index < -0.39 is 6.10 Å². The second kappa shape index (κ2) is 5.07. The lowest BCUT2D eigenvalue weighted by Gasteiger charge is -2.11. The third kappa shape index (κ3) is 3.31. The Balaban J connectivity index is 2.07. The van der Waals surface area contributed by atoms with Crippen LogP contribution in [0, 0.1) is 0 Å². The third-order valence-electron chi connectivity index (χ3n) is 2.16. The predicted molar refractivity (Wildman–Crippen MR) is 51.2 cm³/mol. The number of rotatable bonds is 4. The van der Waals surface area contributed by atoms with Gasteiger partial charge in [0.05, 0.1) is 12.7 Å². The maximum atomic E-state index is 9.08. The summed E-state index contributed by atoms with van der Waals surface area (Å²) in [6.45, 7) is -0.133. The monoisotopic (exact) mass is 191 g/mol. The molecule has 1 aliphatic carbocycles.